The number of nitrogens with one attached hydrogen (secondary N) is 1. The van der Waals surface area contributed by atoms with E-state index in [-0.39, 0.29) is 11.9 Å². The quantitative estimate of drug-likeness (QED) is 0.716. The second kappa shape index (κ2) is 9.35. The van der Waals surface area contributed by atoms with Crippen LogP contribution in [-0.4, -0.2) is 43.0 Å². The summed E-state index contributed by atoms with van der Waals surface area (Å²) in [5.74, 6) is 1.43. The molecule has 4 nitrogen and oxygen atoms in total. The number of amides is 1. The molecule has 4 heteroatoms. The standard InChI is InChI=1S/C16H33N3O/c1-4-5-15(17)16(20)18-12-14-7-10-19(11-8-14)9-6-13(2)3/h13-15H,4-12,17H2,1-3H3,(H,18,20). The largest absolute Gasteiger partial charge is 0.354 e. The van der Waals surface area contributed by atoms with Crippen molar-refractivity contribution in [1.29, 1.82) is 0 Å². The van der Waals surface area contributed by atoms with Crippen LogP contribution in [-0.2, 0) is 4.79 Å². The van der Waals surface area contributed by atoms with E-state index < -0.39 is 0 Å². The molecule has 0 radical (unpaired) electrons. The van der Waals surface area contributed by atoms with Gasteiger partial charge < -0.3 is 16.0 Å². The third-order valence-electron chi connectivity index (χ3n) is 4.23. The van der Waals surface area contributed by atoms with Crippen molar-refractivity contribution in [1.82, 2.24) is 10.2 Å². The third-order valence-corrected chi connectivity index (χ3v) is 4.23. The highest BCUT2D eigenvalue weighted by Gasteiger charge is 2.20. The summed E-state index contributed by atoms with van der Waals surface area (Å²) in [6.07, 6.45) is 5.42. The minimum absolute atomic E-state index is 0.0223. The van der Waals surface area contributed by atoms with E-state index >= 15 is 0 Å². The Bertz CT molecular complexity index is 273. The van der Waals surface area contributed by atoms with E-state index in [4.69, 9.17) is 5.73 Å². The SMILES string of the molecule is CCCC(N)C(=O)NCC1CCN(CCC(C)C)CC1. The molecule has 0 saturated carbocycles. The molecule has 118 valence electrons. The van der Waals surface area contributed by atoms with Crippen LogP contribution in [0.2, 0.25) is 0 Å². The van der Waals surface area contributed by atoms with Gasteiger partial charge in [0.2, 0.25) is 5.91 Å². The van der Waals surface area contributed by atoms with E-state index in [0.29, 0.717) is 5.92 Å². The lowest BCUT2D eigenvalue weighted by atomic mass is 9.96. The molecule has 1 saturated heterocycles. The Morgan fingerprint density at radius 1 is 1.30 bits per heavy atom. The van der Waals surface area contributed by atoms with Crippen LogP contribution in [0.15, 0.2) is 0 Å². The van der Waals surface area contributed by atoms with Gasteiger partial charge >= 0.3 is 0 Å². The molecular formula is C16H33N3O. The molecule has 1 heterocycles. The minimum Gasteiger partial charge on any atom is -0.354 e. The molecule has 1 unspecified atom stereocenters. The van der Waals surface area contributed by atoms with E-state index in [1.54, 1.807) is 0 Å². The van der Waals surface area contributed by atoms with Crippen molar-refractivity contribution in [3.05, 3.63) is 0 Å². The van der Waals surface area contributed by atoms with Crippen molar-refractivity contribution >= 4 is 5.91 Å². The van der Waals surface area contributed by atoms with Crippen LogP contribution in [0.1, 0.15) is 52.9 Å². The highest BCUT2D eigenvalue weighted by Crippen LogP contribution is 2.17. The second-order valence-electron chi connectivity index (χ2n) is 6.61. The Morgan fingerprint density at radius 2 is 1.95 bits per heavy atom. The van der Waals surface area contributed by atoms with Gasteiger partial charge in [0.15, 0.2) is 0 Å². The molecule has 1 aliphatic rings. The zero-order valence-corrected chi connectivity index (χ0v) is 13.5. The van der Waals surface area contributed by atoms with Crippen LogP contribution in [0.3, 0.4) is 0 Å². The number of carbonyl (C=O) groups is 1. The van der Waals surface area contributed by atoms with Crippen molar-refractivity contribution < 1.29 is 4.79 Å². The van der Waals surface area contributed by atoms with Crippen LogP contribution in [0.5, 0.6) is 0 Å². The van der Waals surface area contributed by atoms with E-state index in [0.717, 1.165) is 25.3 Å². The number of hydrogen-bond acceptors (Lipinski definition) is 3. The summed E-state index contributed by atoms with van der Waals surface area (Å²) >= 11 is 0. The van der Waals surface area contributed by atoms with Crippen LogP contribution in [0.4, 0.5) is 0 Å². The lowest BCUT2D eigenvalue weighted by Crippen LogP contribution is -2.44. The van der Waals surface area contributed by atoms with E-state index in [2.05, 4.69) is 31.0 Å². The van der Waals surface area contributed by atoms with E-state index in [1.807, 2.05) is 0 Å². The first-order chi connectivity index (χ1) is 9.52. The van der Waals surface area contributed by atoms with E-state index in [9.17, 15) is 4.79 Å². The molecule has 0 aromatic carbocycles. The number of likely N-dealkylation sites (tertiary alicyclic amines) is 1. The number of carbonyl (C=O) groups excluding carboxylic acids is 1. The van der Waals surface area contributed by atoms with Gasteiger partial charge in [-0.05, 0) is 57.2 Å². The van der Waals surface area contributed by atoms with E-state index in [1.165, 1.54) is 38.9 Å². The summed E-state index contributed by atoms with van der Waals surface area (Å²) in [6, 6.07) is -0.328. The minimum atomic E-state index is -0.328. The predicted octanol–water partition coefficient (Wildman–Crippen LogP) is 1.99. The predicted molar refractivity (Wildman–Crippen MR) is 84.5 cm³/mol. The first-order valence-corrected chi connectivity index (χ1v) is 8.28. The first kappa shape index (κ1) is 17.4. The van der Waals surface area contributed by atoms with Crippen LogP contribution < -0.4 is 11.1 Å². The monoisotopic (exact) mass is 283 g/mol. The molecule has 0 bridgehead atoms. The molecule has 0 aliphatic carbocycles. The Labute approximate surface area is 124 Å². The zero-order valence-electron chi connectivity index (χ0n) is 13.5. The first-order valence-electron chi connectivity index (χ1n) is 8.28. The summed E-state index contributed by atoms with van der Waals surface area (Å²) in [7, 11) is 0. The Kier molecular flexibility index (Phi) is 8.15. The van der Waals surface area contributed by atoms with Gasteiger partial charge in [-0.25, -0.2) is 0 Å². The molecule has 20 heavy (non-hydrogen) atoms. The number of nitrogens with zero attached hydrogens (tertiary/aromatic N) is 1. The summed E-state index contributed by atoms with van der Waals surface area (Å²) in [4.78, 5) is 14.3. The smallest absolute Gasteiger partial charge is 0.236 e. The van der Waals surface area contributed by atoms with Crippen LogP contribution in [0.25, 0.3) is 0 Å². The molecule has 1 fully saturated rings. The normalized spacial score (nSPS) is 19.2. The molecule has 0 aromatic rings. The fourth-order valence-electron chi connectivity index (χ4n) is 2.67. The van der Waals surface area contributed by atoms with Crippen molar-refractivity contribution in [2.24, 2.45) is 17.6 Å². The molecule has 1 atom stereocenters. The second-order valence-corrected chi connectivity index (χ2v) is 6.61. The Morgan fingerprint density at radius 3 is 2.50 bits per heavy atom. The highest BCUT2D eigenvalue weighted by atomic mass is 16.2. The lowest BCUT2D eigenvalue weighted by molar-refractivity contribution is -0.122. The zero-order chi connectivity index (χ0) is 15.0. The molecule has 1 aliphatic heterocycles. The maximum atomic E-state index is 11.8. The molecule has 3 N–H and O–H groups in total. The van der Waals surface area contributed by atoms with Gasteiger partial charge in [-0.1, -0.05) is 27.2 Å². The summed E-state index contributed by atoms with van der Waals surface area (Å²) in [5, 5.41) is 3.02. The summed E-state index contributed by atoms with van der Waals surface area (Å²) in [5.41, 5.74) is 5.81. The number of hydrogen-bond donors (Lipinski definition) is 2. The van der Waals surface area contributed by atoms with Crippen LogP contribution >= 0.6 is 0 Å². The van der Waals surface area contributed by atoms with Gasteiger partial charge in [-0.2, -0.15) is 0 Å². The molecule has 1 amide bonds. The van der Waals surface area contributed by atoms with Crippen molar-refractivity contribution in [2.45, 2.75) is 58.9 Å². The molecule has 0 aromatic heterocycles. The Hall–Kier alpha value is -0.610. The average molecular weight is 283 g/mol. The van der Waals surface area contributed by atoms with Crippen LogP contribution in [0, 0.1) is 11.8 Å². The van der Waals surface area contributed by atoms with Gasteiger partial charge in [0.1, 0.15) is 0 Å². The van der Waals surface area contributed by atoms with Gasteiger partial charge in [-0.3, -0.25) is 4.79 Å². The number of rotatable bonds is 8. The fourth-order valence-corrected chi connectivity index (χ4v) is 2.67. The fraction of sp³-hybridized carbons (Fsp3) is 0.938. The van der Waals surface area contributed by atoms with Gasteiger partial charge in [0.05, 0.1) is 6.04 Å². The van der Waals surface area contributed by atoms with Crippen molar-refractivity contribution in [3.8, 4) is 0 Å². The maximum absolute atomic E-state index is 11.8. The van der Waals surface area contributed by atoms with Gasteiger partial charge in [0.25, 0.3) is 0 Å². The molecule has 0 spiro atoms. The average Bonchev–Trinajstić information content (AvgIpc) is 2.43. The van der Waals surface area contributed by atoms with Crippen molar-refractivity contribution in [2.75, 3.05) is 26.2 Å². The number of nitrogens with two attached hydrogens (primary N) is 1. The third kappa shape index (κ3) is 6.71. The lowest BCUT2D eigenvalue weighted by Gasteiger charge is -2.32. The molecule has 1 rings (SSSR count). The summed E-state index contributed by atoms with van der Waals surface area (Å²) < 4.78 is 0. The Balaban J connectivity index is 2.14. The molecular weight excluding hydrogens is 250 g/mol. The highest BCUT2D eigenvalue weighted by molar-refractivity contribution is 5.81. The topological polar surface area (TPSA) is 58.4 Å². The van der Waals surface area contributed by atoms with Crippen molar-refractivity contribution in [3.63, 3.8) is 0 Å². The van der Waals surface area contributed by atoms with Gasteiger partial charge in [-0.15, -0.1) is 0 Å². The maximum Gasteiger partial charge on any atom is 0.236 e. The summed E-state index contributed by atoms with van der Waals surface area (Å²) in [6.45, 7) is 11.0. The number of piperidine rings is 1. The van der Waals surface area contributed by atoms with Gasteiger partial charge in [0, 0.05) is 6.54 Å².